The summed E-state index contributed by atoms with van der Waals surface area (Å²) in [4.78, 5) is 12.1. The Kier molecular flexibility index (Phi) is 4.16. The number of nitrogens with one attached hydrogen (secondary N) is 2. The lowest BCUT2D eigenvalue weighted by Crippen LogP contribution is -2.33. The number of nitrogens with zero attached hydrogens (tertiary/aromatic N) is 1. The standard InChI is InChI=1S/C12H20N4OS/c1-3-18-9-5-4-8(6-9)14-12(17)10-7(2)15-16-11(10)13/h8-9H,3-6H2,1-2H3,(H,14,17)(H3,13,15,16). The van der Waals surface area contributed by atoms with Gasteiger partial charge in [0, 0.05) is 17.0 Å². The molecule has 0 aliphatic heterocycles. The number of amides is 1. The van der Waals surface area contributed by atoms with Gasteiger partial charge in [0.2, 0.25) is 0 Å². The number of carbonyl (C=O) groups excluding carboxylic acids is 1. The first-order chi connectivity index (χ1) is 8.61. The molecule has 2 atom stereocenters. The quantitative estimate of drug-likeness (QED) is 0.776. The van der Waals surface area contributed by atoms with Gasteiger partial charge in [0.15, 0.2) is 5.82 Å². The van der Waals surface area contributed by atoms with E-state index >= 15 is 0 Å². The van der Waals surface area contributed by atoms with Crippen molar-refractivity contribution in [3.8, 4) is 0 Å². The first kappa shape index (κ1) is 13.3. The molecule has 1 aromatic heterocycles. The van der Waals surface area contributed by atoms with E-state index in [0.29, 0.717) is 10.8 Å². The molecule has 1 amide bonds. The average molecular weight is 268 g/mol. The number of hydrogen-bond donors (Lipinski definition) is 3. The fourth-order valence-electron chi connectivity index (χ4n) is 2.45. The summed E-state index contributed by atoms with van der Waals surface area (Å²) in [6, 6.07) is 0.273. The highest BCUT2D eigenvalue weighted by atomic mass is 32.2. The van der Waals surface area contributed by atoms with Crippen molar-refractivity contribution in [3.05, 3.63) is 11.3 Å². The third-order valence-corrected chi connectivity index (χ3v) is 4.56. The van der Waals surface area contributed by atoms with Gasteiger partial charge in [-0.2, -0.15) is 16.9 Å². The van der Waals surface area contributed by atoms with Crippen LogP contribution < -0.4 is 11.1 Å². The Morgan fingerprint density at radius 3 is 3.00 bits per heavy atom. The molecule has 0 saturated heterocycles. The van der Waals surface area contributed by atoms with Crippen LogP contribution in [0, 0.1) is 6.92 Å². The molecule has 2 rings (SSSR count). The summed E-state index contributed by atoms with van der Waals surface area (Å²) in [7, 11) is 0. The number of carbonyl (C=O) groups is 1. The van der Waals surface area contributed by atoms with Crippen LogP contribution in [0.5, 0.6) is 0 Å². The number of aromatic nitrogens is 2. The molecule has 5 nitrogen and oxygen atoms in total. The second-order valence-electron chi connectivity index (χ2n) is 4.67. The van der Waals surface area contributed by atoms with Crippen LogP contribution in [0.3, 0.4) is 0 Å². The predicted octanol–water partition coefficient (Wildman–Crippen LogP) is 1.70. The number of nitrogen functional groups attached to an aromatic ring is 1. The summed E-state index contributed by atoms with van der Waals surface area (Å²) in [5, 5.41) is 10.3. The highest BCUT2D eigenvalue weighted by Gasteiger charge is 2.27. The zero-order chi connectivity index (χ0) is 13.1. The van der Waals surface area contributed by atoms with Gasteiger partial charge in [-0.15, -0.1) is 0 Å². The molecule has 0 spiro atoms. The van der Waals surface area contributed by atoms with E-state index in [1.807, 2.05) is 18.7 Å². The molecule has 0 aromatic carbocycles. The van der Waals surface area contributed by atoms with Crippen LogP contribution in [-0.2, 0) is 0 Å². The number of thioether (sulfide) groups is 1. The van der Waals surface area contributed by atoms with E-state index in [0.717, 1.165) is 24.3 Å². The largest absolute Gasteiger partial charge is 0.382 e. The molecule has 2 unspecified atom stereocenters. The first-order valence-electron chi connectivity index (χ1n) is 6.34. The smallest absolute Gasteiger partial charge is 0.257 e. The maximum absolute atomic E-state index is 12.1. The molecule has 18 heavy (non-hydrogen) atoms. The lowest BCUT2D eigenvalue weighted by molar-refractivity contribution is 0.0938. The number of rotatable bonds is 4. The summed E-state index contributed by atoms with van der Waals surface area (Å²) >= 11 is 1.98. The zero-order valence-electron chi connectivity index (χ0n) is 10.8. The normalized spacial score (nSPS) is 23.2. The predicted molar refractivity (Wildman–Crippen MR) is 74.8 cm³/mol. The van der Waals surface area contributed by atoms with Gasteiger partial charge in [-0.1, -0.05) is 6.92 Å². The van der Waals surface area contributed by atoms with Crippen molar-refractivity contribution < 1.29 is 4.79 Å². The maximum Gasteiger partial charge on any atom is 0.257 e. The molecule has 1 aromatic rings. The molecule has 1 heterocycles. The van der Waals surface area contributed by atoms with Crippen molar-refractivity contribution in [2.45, 2.75) is 44.4 Å². The Labute approximate surface area is 111 Å². The number of nitrogens with two attached hydrogens (primary N) is 1. The van der Waals surface area contributed by atoms with E-state index in [1.54, 1.807) is 0 Å². The summed E-state index contributed by atoms with van der Waals surface area (Å²) in [5.74, 6) is 1.31. The Bertz CT molecular complexity index is 412. The second kappa shape index (κ2) is 5.65. The lowest BCUT2D eigenvalue weighted by Gasteiger charge is -2.13. The third-order valence-electron chi connectivity index (χ3n) is 3.32. The summed E-state index contributed by atoms with van der Waals surface area (Å²) in [5.41, 5.74) is 6.90. The number of aryl methyl sites for hydroxylation is 1. The SMILES string of the molecule is CCSC1CCC(NC(=O)c2c(N)n[nH]c2C)C1. The molecule has 1 saturated carbocycles. The molecular formula is C12H20N4OS. The Hall–Kier alpha value is -1.17. The van der Waals surface area contributed by atoms with Crippen LogP contribution in [0.1, 0.15) is 42.2 Å². The van der Waals surface area contributed by atoms with Crippen molar-refractivity contribution in [2.24, 2.45) is 0 Å². The number of aromatic amines is 1. The van der Waals surface area contributed by atoms with Gasteiger partial charge in [0.05, 0.1) is 0 Å². The first-order valence-corrected chi connectivity index (χ1v) is 7.39. The summed E-state index contributed by atoms with van der Waals surface area (Å²) < 4.78 is 0. The van der Waals surface area contributed by atoms with Crippen LogP contribution in [0.4, 0.5) is 5.82 Å². The van der Waals surface area contributed by atoms with Crippen LogP contribution >= 0.6 is 11.8 Å². The van der Waals surface area contributed by atoms with Crippen LogP contribution in [0.15, 0.2) is 0 Å². The minimum Gasteiger partial charge on any atom is -0.382 e. The average Bonchev–Trinajstić information content (AvgIpc) is 2.87. The molecule has 4 N–H and O–H groups in total. The van der Waals surface area contributed by atoms with Gasteiger partial charge < -0.3 is 11.1 Å². The van der Waals surface area contributed by atoms with Crippen molar-refractivity contribution in [1.29, 1.82) is 0 Å². The Morgan fingerprint density at radius 2 is 2.39 bits per heavy atom. The van der Waals surface area contributed by atoms with Crippen molar-refractivity contribution in [3.63, 3.8) is 0 Å². The molecule has 1 fully saturated rings. The number of anilines is 1. The zero-order valence-corrected chi connectivity index (χ0v) is 11.6. The van der Waals surface area contributed by atoms with Crippen molar-refractivity contribution in [1.82, 2.24) is 15.5 Å². The monoisotopic (exact) mass is 268 g/mol. The van der Waals surface area contributed by atoms with E-state index in [2.05, 4.69) is 22.4 Å². The van der Waals surface area contributed by atoms with Gasteiger partial charge in [-0.25, -0.2) is 0 Å². The fourth-order valence-corrected chi connectivity index (χ4v) is 3.59. The van der Waals surface area contributed by atoms with E-state index in [1.165, 1.54) is 6.42 Å². The Morgan fingerprint density at radius 1 is 1.61 bits per heavy atom. The molecule has 1 aliphatic rings. The topological polar surface area (TPSA) is 83.8 Å². The van der Waals surface area contributed by atoms with Crippen LogP contribution in [0.2, 0.25) is 0 Å². The van der Waals surface area contributed by atoms with E-state index in [4.69, 9.17) is 5.73 Å². The molecule has 100 valence electrons. The van der Waals surface area contributed by atoms with Gasteiger partial charge in [-0.3, -0.25) is 9.89 Å². The minimum atomic E-state index is -0.106. The summed E-state index contributed by atoms with van der Waals surface area (Å²) in [6.45, 7) is 3.98. The van der Waals surface area contributed by atoms with Gasteiger partial charge in [0.25, 0.3) is 5.91 Å². The van der Waals surface area contributed by atoms with Crippen LogP contribution in [-0.4, -0.2) is 33.1 Å². The van der Waals surface area contributed by atoms with E-state index in [-0.39, 0.29) is 17.8 Å². The summed E-state index contributed by atoms with van der Waals surface area (Å²) in [6.07, 6.45) is 3.30. The minimum absolute atomic E-state index is 0.106. The van der Waals surface area contributed by atoms with Crippen molar-refractivity contribution in [2.75, 3.05) is 11.5 Å². The second-order valence-corrected chi connectivity index (χ2v) is 6.25. The molecule has 6 heteroatoms. The maximum atomic E-state index is 12.1. The molecule has 1 aliphatic carbocycles. The number of H-pyrrole nitrogens is 1. The van der Waals surface area contributed by atoms with Crippen LogP contribution in [0.25, 0.3) is 0 Å². The van der Waals surface area contributed by atoms with Gasteiger partial charge in [0.1, 0.15) is 5.56 Å². The number of hydrogen-bond acceptors (Lipinski definition) is 4. The van der Waals surface area contributed by atoms with Gasteiger partial charge >= 0.3 is 0 Å². The third kappa shape index (κ3) is 2.80. The molecular weight excluding hydrogens is 248 g/mol. The highest BCUT2D eigenvalue weighted by molar-refractivity contribution is 7.99. The van der Waals surface area contributed by atoms with E-state index < -0.39 is 0 Å². The molecule has 0 radical (unpaired) electrons. The van der Waals surface area contributed by atoms with Gasteiger partial charge in [-0.05, 0) is 31.9 Å². The lowest BCUT2D eigenvalue weighted by atomic mass is 10.2. The van der Waals surface area contributed by atoms with E-state index in [9.17, 15) is 4.79 Å². The fraction of sp³-hybridized carbons (Fsp3) is 0.667. The Balaban J connectivity index is 1.93. The van der Waals surface area contributed by atoms with Crippen molar-refractivity contribution >= 4 is 23.5 Å². The highest BCUT2D eigenvalue weighted by Crippen LogP contribution is 2.30. The molecule has 0 bridgehead atoms.